The number of nitrogen functional groups attached to an aromatic ring is 1. The number of nitrogens with one attached hydrogen (secondary N) is 2. The highest BCUT2D eigenvalue weighted by Crippen LogP contribution is 2.36. The van der Waals surface area contributed by atoms with Crippen LogP contribution < -0.4 is 21.5 Å². The molecule has 0 bridgehead atoms. The van der Waals surface area contributed by atoms with E-state index in [0.29, 0.717) is 27.9 Å². The summed E-state index contributed by atoms with van der Waals surface area (Å²) in [5.41, 5.74) is 14.9. The molecule has 1 amide bonds. The van der Waals surface area contributed by atoms with Crippen molar-refractivity contribution in [3.63, 3.8) is 0 Å². The average Bonchev–Trinajstić information content (AvgIpc) is 2.73. The van der Waals surface area contributed by atoms with Gasteiger partial charge in [-0.05, 0) is 48.7 Å². The smallest absolute Gasteiger partial charge is 0.269 e. The van der Waals surface area contributed by atoms with Crippen LogP contribution in [-0.4, -0.2) is 22.4 Å². The van der Waals surface area contributed by atoms with Crippen LogP contribution in [0, 0.1) is 0 Å². The second-order valence-corrected chi connectivity index (χ2v) is 6.87. The zero-order valence-electron chi connectivity index (χ0n) is 15.0. The third kappa shape index (κ3) is 3.57. The lowest BCUT2D eigenvalue weighted by atomic mass is 10.0. The quantitative estimate of drug-likeness (QED) is 0.585. The highest BCUT2D eigenvalue weighted by molar-refractivity contribution is 6.30. The van der Waals surface area contributed by atoms with Crippen molar-refractivity contribution in [1.29, 1.82) is 0 Å². The molecule has 1 aliphatic heterocycles. The van der Waals surface area contributed by atoms with Crippen molar-refractivity contribution in [2.75, 3.05) is 22.6 Å². The number of carbonyl (C=O) groups is 1. The van der Waals surface area contributed by atoms with Crippen LogP contribution in [0.1, 0.15) is 22.3 Å². The summed E-state index contributed by atoms with van der Waals surface area (Å²) in [6.07, 6.45) is 3.47. The third-order valence-corrected chi connectivity index (χ3v) is 4.88. The largest absolute Gasteiger partial charge is 0.393 e. The Hall–Kier alpha value is -3.32. The summed E-state index contributed by atoms with van der Waals surface area (Å²) < 4.78 is 0. The Morgan fingerprint density at radius 3 is 2.71 bits per heavy atom. The van der Waals surface area contributed by atoms with Crippen LogP contribution in [-0.2, 0) is 6.42 Å². The number of carbonyl (C=O) groups excluding carboxylic acids is 1. The zero-order valence-corrected chi connectivity index (χ0v) is 15.8. The molecule has 2 aromatic carbocycles. The molecule has 7 nitrogen and oxygen atoms in total. The number of para-hydroxylation sites is 1. The van der Waals surface area contributed by atoms with Gasteiger partial charge in [0.2, 0.25) is 0 Å². The van der Waals surface area contributed by atoms with E-state index in [4.69, 9.17) is 17.3 Å². The number of fused-ring (bicyclic) bond motifs is 1. The Labute approximate surface area is 167 Å². The van der Waals surface area contributed by atoms with E-state index in [2.05, 4.69) is 37.9 Å². The molecule has 1 aromatic heterocycles. The molecule has 3 aromatic rings. The van der Waals surface area contributed by atoms with Gasteiger partial charge in [0.05, 0.1) is 0 Å². The Bertz CT molecular complexity index is 1010. The second kappa shape index (κ2) is 7.74. The molecule has 142 valence electrons. The minimum absolute atomic E-state index is 0.320. The predicted octanol–water partition coefficient (Wildman–Crippen LogP) is 3.55. The molecule has 1 aliphatic rings. The molecule has 0 spiro atoms. The number of anilines is 4. The van der Waals surface area contributed by atoms with Crippen LogP contribution >= 0.6 is 11.6 Å². The van der Waals surface area contributed by atoms with Crippen molar-refractivity contribution in [2.45, 2.75) is 12.8 Å². The van der Waals surface area contributed by atoms with E-state index in [0.717, 1.165) is 25.1 Å². The third-order valence-electron chi connectivity index (χ3n) is 4.63. The van der Waals surface area contributed by atoms with Crippen LogP contribution in [0.3, 0.4) is 0 Å². The molecule has 8 heteroatoms. The summed E-state index contributed by atoms with van der Waals surface area (Å²) in [6, 6.07) is 14.8. The van der Waals surface area contributed by atoms with Crippen molar-refractivity contribution < 1.29 is 4.79 Å². The van der Waals surface area contributed by atoms with E-state index < -0.39 is 0 Å². The highest BCUT2D eigenvalue weighted by atomic mass is 35.5. The minimum Gasteiger partial charge on any atom is -0.393 e. The lowest BCUT2D eigenvalue weighted by molar-refractivity contribution is 0.0962. The maximum absolute atomic E-state index is 12.3. The number of aromatic nitrogens is 2. The number of nitrogens with two attached hydrogens (primary N) is 1. The first-order chi connectivity index (χ1) is 13.6. The Kier molecular flexibility index (Phi) is 4.99. The molecule has 28 heavy (non-hydrogen) atoms. The molecule has 0 fully saturated rings. The van der Waals surface area contributed by atoms with Gasteiger partial charge in [-0.25, -0.2) is 9.97 Å². The number of benzene rings is 2. The molecular formula is C20H19ClN6O. The molecule has 0 atom stereocenters. The first kappa shape index (κ1) is 18.1. The summed E-state index contributed by atoms with van der Waals surface area (Å²) in [7, 11) is 0. The van der Waals surface area contributed by atoms with Crippen molar-refractivity contribution >= 4 is 40.5 Å². The first-order valence-corrected chi connectivity index (χ1v) is 9.29. The number of rotatable bonds is 4. The number of hydrogen-bond donors (Lipinski definition) is 3. The fourth-order valence-corrected chi connectivity index (χ4v) is 3.37. The molecule has 4 rings (SSSR count). The van der Waals surface area contributed by atoms with E-state index in [1.807, 2.05) is 12.1 Å². The second-order valence-electron chi connectivity index (χ2n) is 6.43. The number of aryl methyl sites for hydroxylation is 1. The summed E-state index contributed by atoms with van der Waals surface area (Å²) in [4.78, 5) is 22.9. The topological polar surface area (TPSA) is 96.2 Å². The maximum atomic E-state index is 12.3. The van der Waals surface area contributed by atoms with E-state index in [1.54, 1.807) is 24.3 Å². The van der Waals surface area contributed by atoms with Gasteiger partial charge in [-0.3, -0.25) is 15.6 Å². The van der Waals surface area contributed by atoms with E-state index in [9.17, 15) is 4.79 Å². The number of hydrogen-bond acceptors (Lipinski definition) is 6. The van der Waals surface area contributed by atoms with Crippen LogP contribution in [0.15, 0.2) is 54.9 Å². The summed E-state index contributed by atoms with van der Waals surface area (Å²) >= 11 is 5.85. The first-order valence-electron chi connectivity index (χ1n) is 8.91. The number of halogens is 1. The van der Waals surface area contributed by atoms with Gasteiger partial charge in [0.1, 0.15) is 12.0 Å². The van der Waals surface area contributed by atoms with Gasteiger partial charge >= 0.3 is 0 Å². The van der Waals surface area contributed by atoms with Crippen LogP contribution in [0.4, 0.5) is 23.0 Å². The van der Waals surface area contributed by atoms with Gasteiger partial charge in [0, 0.05) is 22.8 Å². The normalized spacial score (nSPS) is 13.0. The highest BCUT2D eigenvalue weighted by Gasteiger charge is 2.22. The lowest BCUT2D eigenvalue weighted by Crippen LogP contribution is -2.31. The maximum Gasteiger partial charge on any atom is 0.269 e. The van der Waals surface area contributed by atoms with Gasteiger partial charge in [-0.1, -0.05) is 29.8 Å². The van der Waals surface area contributed by atoms with Gasteiger partial charge in [-0.15, -0.1) is 0 Å². The summed E-state index contributed by atoms with van der Waals surface area (Å²) in [6.45, 7) is 0.814. The Balaban J connectivity index is 1.55. The predicted molar refractivity (Wildman–Crippen MR) is 111 cm³/mol. The van der Waals surface area contributed by atoms with Crippen LogP contribution in [0.5, 0.6) is 0 Å². The molecule has 0 saturated carbocycles. The number of nitrogens with zero attached hydrogens (tertiary/aromatic N) is 3. The van der Waals surface area contributed by atoms with Gasteiger partial charge < -0.3 is 10.6 Å². The zero-order chi connectivity index (χ0) is 19.5. The molecule has 0 aliphatic carbocycles. The number of amides is 1. The average molecular weight is 395 g/mol. The van der Waals surface area contributed by atoms with Crippen molar-refractivity contribution in [2.24, 2.45) is 0 Å². The van der Waals surface area contributed by atoms with E-state index >= 15 is 0 Å². The van der Waals surface area contributed by atoms with Crippen molar-refractivity contribution in [3.05, 3.63) is 71.0 Å². The minimum atomic E-state index is -0.320. The van der Waals surface area contributed by atoms with Gasteiger partial charge in [0.25, 0.3) is 5.91 Å². The molecule has 4 N–H and O–H groups in total. The molecular weight excluding hydrogens is 376 g/mol. The van der Waals surface area contributed by atoms with Crippen LogP contribution in [0.2, 0.25) is 5.02 Å². The van der Waals surface area contributed by atoms with Gasteiger partial charge in [0.15, 0.2) is 11.6 Å². The number of hydrazine groups is 1. The summed E-state index contributed by atoms with van der Waals surface area (Å²) in [5.74, 6) is 0.639. The SMILES string of the molecule is Nc1c(NNC(=O)c2ccc(Cl)cc2)ncnc1N1CCCc2ccccc21. The molecule has 0 saturated heterocycles. The molecule has 0 unspecified atom stereocenters. The van der Waals surface area contributed by atoms with Crippen LogP contribution in [0.25, 0.3) is 0 Å². The molecule has 2 heterocycles. The Morgan fingerprint density at radius 2 is 1.89 bits per heavy atom. The standard InChI is InChI=1S/C20H19ClN6O/c21-15-9-7-14(8-10-15)20(28)26-25-18-17(22)19(24-12-23-18)27-11-3-5-13-4-1-2-6-16(13)27/h1-2,4,6-10,12H,3,5,11,22H2,(H,26,28)(H,23,24,25). The lowest BCUT2D eigenvalue weighted by Gasteiger charge is -2.31. The Morgan fingerprint density at radius 1 is 1.11 bits per heavy atom. The fourth-order valence-electron chi connectivity index (χ4n) is 3.24. The van der Waals surface area contributed by atoms with Gasteiger partial charge in [-0.2, -0.15) is 0 Å². The van der Waals surface area contributed by atoms with E-state index in [-0.39, 0.29) is 5.91 Å². The van der Waals surface area contributed by atoms with Crippen molar-refractivity contribution in [3.8, 4) is 0 Å². The fraction of sp³-hybridized carbons (Fsp3) is 0.150. The monoisotopic (exact) mass is 394 g/mol. The molecule has 0 radical (unpaired) electrons. The van der Waals surface area contributed by atoms with E-state index in [1.165, 1.54) is 11.9 Å². The summed E-state index contributed by atoms with van der Waals surface area (Å²) in [5, 5.41) is 0.566. The van der Waals surface area contributed by atoms with Crippen molar-refractivity contribution in [1.82, 2.24) is 15.4 Å².